The molecule has 0 saturated heterocycles. The summed E-state index contributed by atoms with van der Waals surface area (Å²) in [4.78, 5) is 9.67. The van der Waals surface area contributed by atoms with Crippen LogP contribution in [0.15, 0.2) is 16.5 Å². The molecule has 7 heteroatoms. The van der Waals surface area contributed by atoms with E-state index < -0.39 is 11.0 Å². The second-order valence-corrected chi connectivity index (χ2v) is 2.91. The van der Waals surface area contributed by atoms with Crippen LogP contribution in [0.2, 0.25) is 0 Å². The fourth-order valence-electron chi connectivity index (χ4n) is 1.09. The zero-order chi connectivity index (χ0) is 10.6. The summed E-state index contributed by atoms with van der Waals surface area (Å²) < 4.78 is 4.90. The number of aliphatic hydroxyl groups is 1. The van der Waals surface area contributed by atoms with E-state index in [0.29, 0.717) is 18.6 Å². The maximum absolute atomic E-state index is 10.3. The monoisotopic (exact) mass is 236 g/mol. The molecule has 3 N–H and O–H groups in total. The third kappa shape index (κ3) is 3.86. The molecule has 0 aromatic carbocycles. The molecule has 0 aliphatic carbocycles. The van der Waals surface area contributed by atoms with Gasteiger partial charge in [-0.15, -0.1) is 12.4 Å². The first-order valence-corrected chi connectivity index (χ1v) is 4.25. The molecule has 1 heterocycles. The van der Waals surface area contributed by atoms with Crippen molar-refractivity contribution >= 4 is 18.3 Å². The highest BCUT2D eigenvalue weighted by Crippen LogP contribution is 2.22. The van der Waals surface area contributed by atoms with Crippen LogP contribution >= 0.6 is 12.4 Å². The van der Waals surface area contributed by atoms with Gasteiger partial charge in [0.05, 0.1) is 12.1 Å². The van der Waals surface area contributed by atoms with Crippen LogP contribution in [0.4, 0.5) is 5.88 Å². The molecule has 0 fully saturated rings. The number of furan rings is 1. The quantitative estimate of drug-likeness (QED) is 0.594. The van der Waals surface area contributed by atoms with Crippen LogP contribution < -0.4 is 5.73 Å². The van der Waals surface area contributed by atoms with E-state index in [1.54, 1.807) is 0 Å². The molecule has 0 spiro atoms. The van der Waals surface area contributed by atoms with Gasteiger partial charge >= 0.3 is 5.88 Å². The van der Waals surface area contributed by atoms with Crippen LogP contribution in [-0.2, 0) is 0 Å². The zero-order valence-electron chi connectivity index (χ0n) is 7.96. The lowest BCUT2D eigenvalue weighted by molar-refractivity contribution is -0.402. The van der Waals surface area contributed by atoms with Crippen LogP contribution in [0, 0.1) is 10.1 Å². The average Bonchev–Trinajstić information content (AvgIpc) is 2.62. The summed E-state index contributed by atoms with van der Waals surface area (Å²) in [6, 6.07) is 2.37. The van der Waals surface area contributed by atoms with Crippen molar-refractivity contribution < 1.29 is 14.4 Å². The van der Waals surface area contributed by atoms with E-state index in [9.17, 15) is 10.1 Å². The van der Waals surface area contributed by atoms with E-state index in [0.717, 1.165) is 0 Å². The summed E-state index contributed by atoms with van der Waals surface area (Å²) in [6.45, 7) is 0.0521. The van der Waals surface area contributed by atoms with E-state index in [4.69, 9.17) is 15.3 Å². The van der Waals surface area contributed by atoms with Crippen LogP contribution in [0.5, 0.6) is 0 Å². The third-order valence-electron chi connectivity index (χ3n) is 1.83. The molecule has 0 unspecified atom stereocenters. The molecule has 0 saturated carbocycles. The van der Waals surface area contributed by atoms with Gasteiger partial charge in [-0.3, -0.25) is 10.1 Å². The molecule has 1 aromatic rings. The van der Waals surface area contributed by atoms with Gasteiger partial charge in [-0.2, -0.15) is 0 Å². The van der Waals surface area contributed by atoms with Crippen molar-refractivity contribution in [2.75, 3.05) is 6.61 Å². The predicted molar refractivity (Wildman–Crippen MR) is 55.9 cm³/mol. The van der Waals surface area contributed by atoms with Gasteiger partial charge in [0.1, 0.15) is 10.7 Å². The first-order valence-electron chi connectivity index (χ1n) is 4.25. The Kier molecular flexibility index (Phi) is 5.92. The summed E-state index contributed by atoms with van der Waals surface area (Å²) in [5.74, 6) is 0.0737. The molecule has 1 rings (SSSR count). The Hall–Kier alpha value is -1.11. The Labute approximate surface area is 92.6 Å². The van der Waals surface area contributed by atoms with E-state index in [2.05, 4.69) is 0 Å². The van der Waals surface area contributed by atoms with Crippen molar-refractivity contribution in [3.63, 3.8) is 0 Å². The molecule has 0 aliphatic heterocycles. The van der Waals surface area contributed by atoms with Gasteiger partial charge in [0.15, 0.2) is 0 Å². The normalized spacial score (nSPS) is 11.9. The van der Waals surface area contributed by atoms with Crippen LogP contribution in [-0.4, -0.2) is 16.6 Å². The summed E-state index contributed by atoms with van der Waals surface area (Å²) in [6.07, 6.45) is 1.09. The lowest BCUT2D eigenvalue weighted by atomic mass is 10.1. The molecule has 0 bridgehead atoms. The second-order valence-electron chi connectivity index (χ2n) is 2.91. The van der Waals surface area contributed by atoms with Crippen LogP contribution in [0.3, 0.4) is 0 Å². The number of halogens is 1. The molecular weight excluding hydrogens is 224 g/mol. The molecule has 0 aliphatic rings. The van der Waals surface area contributed by atoms with Gasteiger partial charge in [0.25, 0.3) is 0 Å². The molecule has 0 amide bonds. The topological polar surface area (TPSA) is 103 Å². The van der Waals surface area contributed by atoms with Crippen LogP contribution in [0.1, 0.15) is 24.6 Å². The fourth-order valence-corrected chi connectivity index (χ4v) is 1.09. The van der Waals surface area contributed by atoms with Gasteiger partial charge in [-0.25, -0.2) is 0 Å². The lowest BCUT2D eigenvalue weighted by Gasteiger charge is -2.05. The molecule has 0 radical (unpaired) electrons. The molecule has 1 atom stereocenters. The average molecular weight is 237 g/mol. The van der Waals surface area contributed by atoms with Gasteiger partial charge in [0, 0.05) is 6.61 Å². The van der Waals surface area contributed by atoms with E-state index in [1.165, 1.54) is 12.1 Å². The minimum Gasteiger partial charge on any atom is -0.404 e. The minimum absolute atomic E-state index is 0. The maximum Gasteiger partial charge on any atom is 0.433 e. The fraction of sp³-hybridized carbons (Fsp3) is 0.500. The highest BCUT2D eigenvalue weighted by Gasteiger charge is 2.16. The SMILES string of the molecule is Cl.N[C@@H](CCCO)c1ccc([N+](=O)[O-])o1. The van der Waals surface area contributed by atoms with Crippen LogP contribution in [0.25, 0.3) is 0 Å². The summed E-state index contributed by atoms with van der Waals surface area (Å²) in [5, 5.41) is 18.8. The molecular formula is C8H13ClN2O4. The number of nitrogens with two attached hydrogens (primary N) is 1. The third-order valence-corrected chi connectivity index (χ3v) is 1.83. The van der Waals surface area contributed by atoms with Crippen molar-refractivity contribution in [3.8, 4) is 0 Å². The smallest absolute Gasteiger partial charge is 0.404 e. The number of nitro groups is 1. The highest BCUT2D eigenvalue weighted by atomic mass is 35.5. The second kappa shape index (κ2) is 6.39. The summed E-state index contributed by atoms with van der Waals surface area (Å²) in [7, 11) is 0. The molecule has 1 aromatic heterocycles. The van der Waals surface area contributed by atoms with Crippen molar-refractivity contribution in [1.82, 2.24) is 0 Å². The Morgan fingerprint density at radius 1 is 1.60 bits per heavy atom. The van der Waals surface area contributed by atoms with Gasteiger partial charge < -0.3 is 15.3 Å². The van der Waals surface area contributed by atoms with Crippen molar-refractivity contribution in [2.24, 2.45) is 5.73 Å². The maximum atomic E-state index is 10.3. The predicted octanol–water partition coefficient (Wildman–Crippen LogP) is 1.38. The summed E-state index contributed by atoms with van der Waals surface area (Å²) in [5.41, 5.74) is 5.67. The lowest BCUT2D eigenvalue weighted by Crippen LogP contribution is -2.09. The van der Waals surface area contributed by atoms with Crippen molar-refractivity contribution in [2.45, 2.75) is 18.9 Å². The number of hydrogen-bond donors (Lipinski definition) is 2. The van der Waals surface area contributed by atoms with Gasteiger partial charge in [-0.05, 0) is 18.9 Å². The minimum atomic E-state index is -0.609. The summed E-state index contributed by atoms with van der Waals surface area (Å²) >= 11 is 0. The number of nitrogens with zero attached hydrogens (tertiary/aromatic N) is 1. The van der Waals surface area contributed by atoms with E-state index >= 15 is 0 Å². The largest absolute Gasteiger partial charge is 0.433 e. The van der Waals surface area contributed by atoms with Gasteiger partial charge in [0.2, 0.25) is 0 Å². The Balaban J connectivity index is 0.00000196. The molecule has 86 valence electrons. The number of rotatable bonds is 5. The zero-order valence-corrected chi connectivity index (χ0v) is 8.77. The highest BCUT2D eigenvalue weighted by molar-refractivity contribution is 5.85. The van der Waals surface area contributed by atoms with E-state index in [1.807, 2.05) is 0 Å². The molecule has 15 heavy (non-hydrogen) atoms. The Morgan fingerprint density at radius 2 is 2.27 bits per heavy atom. The van der Waals surface area contributed by atoms with E-state index in [-0.39, 0.29) is 24.9 Å². The Morgan fingerprint density at radius 3 is 2.73 bits per heavy atom. The number of hydrogen-bond acceptors (Lipinski definition) is 5. The van der Waals surface area contributed by atoms with Crippen molar-refractivity contribution in [3.05, 3.63) is 28.0 Å². The molecule has 6 nitrogen and oxygen atoms in total. The van der Waals surface area contributed by atoms with Gasteiger partial charge in [-0.1, -0.05) is 0 Å². The first kappa shape index (κ1) is 13.9. The standard InChI is InChI=1S/C8H12N2O4.ClH/c9-6(2-1-5-11)7-3-4-8(14-7)10(12)13;/h3-4,6,11H,1-2,5,9H2;1H/t6-;/m0./s1. The number of aliphatic hydroxyl groups excluding tert-OH is 1. The first-order chi connectivity index (χ1) is 6.65. The Bertz CT molecular complexity index is 315. The van der Waals surface area contributed by atoms with Crippen molar-refractivity contribution in [1.29, 1.82) is 0 Å².